The molecule has 1 rings (SSSR count). The minimum absolute atomic E-state index is 0.0989. The first-order valence-corrected chi connectivity index (χ1v) is 7.82. The second-order valence-corrected chi connectivity index (χ2v) is 6.21. The van der Waals surface area contributed by atoms with Crippen LogP contribution in [0.15, 0.2) is 23.1 Å². The summed E-state index contributed by atoms with van der Waals surface area (Å²) in [6.45, 7) is 2.86. The first-order valence-electron chi connectivity index (χ1n) is 6.27. The van der Waals surface area contributed by atoms with Crippen LogP contribution in [0.25, 0.3) is 0 Å². The van der Waals surface area contributed by atoms with Gasteiger partial charge in [0.25, 0.3) is 5.91 Å². The van der Waals surface area contributed by atoms with E-state index < -0.39 is 10.0 Å². The van der Waals surface area contributed by atoms with E-state index in [1.165, 1.54) is 25.3 Å². The third-order valence-electron chi connectivity index (χ3n) is 2.79. The Morgan fingerprint density at radius 2 is 2.05 bits per heavy atom. The predicted octanol–water partition coefficient (Wildman–Crippen LogP) is 0.355. The SMILES string of the molecule is COCC(C)CNC(=O)c1ccc(OC)c(S(N)(=O)=O)c1. The lowest BCUT2D eigenvalue weighted by Gasteiger charge is -2.12. The highest BCUT2D eigenvalue weighted by molar-refractivity contribution is 7.89. The molecule has 7 nitrogen and oxygen atoms in total. The molecular weight excluding hydrogens is 296 g/mol. The van der Waals surface area contributed by atoms with Crippen LogP contribution in [0.5, 0.6) is 5.75 Å². The second-order valence-electron chi connectivity index (χ2n) is 4.68. The van der Waals surface area contributed by atoms with Crippen molar-refractivity contribution in [2.45, 2.75) is 11.8 Å². The molecule has 1 aromatic carbocycles. The number of benzene rings is 1. The summed E-state index contributed by atoms with van der Waals surface area (Å²) < 4.78 is 32.9. The van der Waals surface area contributed by atoms with Gasteiger partial charge in [-0.2, -0.15) is 0 Å². The zero-order chi connectivity index (χ0) is 16.0. The lowest BCUT2D eigenvalue weighted by molar-refractivity contribution is 0.0934. The average molecular weight is 316 g/mol. The normalized spacial score (nSPS) is 12.8. The van der Waals surface area contributed by atoms with E-state index in [0.717, 1.165) is 0 Å². The number of rotatable bonds is 7. The summed E-state index contributed by atoms with van der Waals surface area (Å²) in [6, 6.07) is 4.07. The van der Waals surface area contributed by atoms with Gasteiger partial charge in [0.15, 0.2) is 0 Å². The number of carbonyl (C=O) groups is 1. The number of hydrogen-bond acceptors (Lipinski definition) is 5. The molecule has 0 aliphatic heterocycles. The molecule has 0 saturated heterocycles. The van der Waals surface area contributed by atoms with Crippen LogP contribution in [-0.4, -0.2) is 41.7 Å². The zero-order valence-corrected chi connectivity index (χ0v) is 13.1. The summed E-state index contributed by atoms with van der Waals surface area (Å²) in [5.41, 5.74) is 0.199. The minimum atomic E-state index is -3.97. The first-order chi connectivity index (χ1) is 9.79. The number of carbonyl (C=O) groups excluding carboxylic acids is 1. The molecule has 1 aromatic rings. The Kier molecular flexibility index (Phi) is 6.13. The summed E-state index contributed by atoms with van der Waals surface area (Å²) in [6.07, 6.45) is 0. The molecule has 1 unspecified atom stereocenters. The largest absolute Gasteiger partial charge is 0.495 e. The summed E-state index contributed by atoms with van der Waals surface area (Å²) in [5, 5.41) is 7.81. The Bertz CT molecular complexity index is 601. The monoisotopic (exact) mass is 316 g/mol. The Balaban J connectivity index is 2.91. The van der Waals surface area contributed by atoms with Gasteiger partial charge in [-0.05, 0) is 24.1 Å². The maximum Gasteiger partial charge on any atom is 0.251 e. The highest BCUT2D eigenvalue weighted by Gasteiger charge is 2.18. The lowest BCUT2D eigenvalue weighted by Crippen LogP contribution is -2.30. The van der Waals surface area contributed by atoms with Crippen molar-refractivity contribution < 1.29 is 22.7 Å². The van der Waals surface area contributed by atoms with Crippen LogP contribution in [0, 0.1) is 5.92 Å². The van der Waals surface area contributed by atoms with Gasteiger partial charge in [-0.1, -0.05) is 6.92 Å². The first kappa shape index (κ1) is 17.4. The fraction of sp³-hybridized carbons (Fsp3) is 0.462. The molecule has 1 amide bonds. The number of primary sulfonamides is 1. The molecule has 1 atom stereocenters. The van der Waals surface area contributed by atoms with Crippen molar-refractivity contribution in [2.24, 2.45) is 11.1 Å². The van der Waals surface area contributed by atoms with E-state index in [0.29, 0.717) is 13.2 Å². The van der Waals surface area contributed by atoms with Gasteiger partial charge < -0.3 is 14.8 Å². The smallest absolute Gasteiger partial charge is 0.251 e. The molecule has 0 radical (unpaired) electrons. The van der Waals surface area contributed by atoms with Gasteiger partial charge in [0, 0.05) is 19.2 Å². The lowest BCUT2D eigenvalue weighted by atomic mass is 10.1. The van der Waals surface area contributed by atoms with Gasteiger partial charge >= 0.3 is 0 Å². The molecule has 0 aromatic heterocycles. The molecule has 0 aliphatic carbocycles. The topological polar surface area (TPSA) is 108 Å². The molecule has 8 heteroatoms. The number of nitrogens with one attached hydrogen (secondary N) is 1. The van der Waals surface area contributed by atoms with Gasteiger partial charge in [-0.3, -0.25) is 4.79 Å². The van der Waals surface area contributed by atoms with Gasteiger partial charge in [0.2, 0.25) is 10.0 Å². The Labute approximate surface area is 124 Å². The Hall–Kier alpha value is -1.64. The molecule has 0 heterocycles. The average Bonchev–Trinajstić information content (AvgIpc) is 2.43. The van der Waals surface area contributed by atoms with E-state index in [1.807, 2.05) is 6.92 Å². The van der Waals surface area contributed by atoms with E-state index in [-0.39, 0.29) is 28.0 Å². The molecule has 0 saturated carbocycles. The summed E-state index contributed by atoms with van der Waals surface area (Å²) in [7, 11) is -1.05. The Morgan fingerprint density at radius 1 is 1.38 bits per heavy atom. The van der Waals surface area contributed by atoms with Crippen LogP contribution >= 0.6 is 0 Å². The number of methoxy groups -OCH3 is 2. The third-order valence-corrected chi connectivity index (χ3v) is 3.73. The standard InChI is InChI=1S/C13H20N2O5S/c1-9(8-19-2)7-15-13(16)10-4-5-11(20-3)12(6-10)21(14,17)18/h4-6,9H,7-8H2,1-3H3,(H,15,16)(H2,14,17,18). The van der Waals surface area contributed by atoms with Crippen molar-refractivity contribution in [1.29, 1.82) is 0 Å². The summed E-state index contributed by atoms with van der Waals surface area (Å²) in [5.74, 6) is -0.137. The number of nitrogens with two attached hydrogens (primary N) is 1. The van der Waals surface area contributed by atoms with Crippen LogP contribution in [0.2, 0.25) is 0 Å². The van der Waals surface area contributed by atoms with Crippen molar-refractivity contribution in [1.82, 2.24) is 5.32 Å². The molecule has 3 N–H and O–H groups in total. The van der Waals surface area contributed by atoms with E-state index in [9.17, 15) is 13.2 Å². The third kappa shape index (κ3) is 5.00. The molecule has 0 aliphatic rings. The molecule has 0 fully saturated rings. The summed E-state index contributed by atoms with van der Waals surface area (Å²) in [4.78, 5) is 11.8. The van der Waals surface area contributed by atoms with Gasteiger partial charge in [0.1, 0.15) is 10.6 Å². The number of amides is 1. The minimum Gasteiger partial charge on any atom is -0.495 e. The van der Waals surface area contributed by atoms with Crippen molar-refractivity contribution in [3.63, 3.8) is 0 Å². The van der Waals surface area contributed by atoms with E-state index >= 15 is 0 Å². The van der Waals surface area contributed by atoms with Crippen molar-refractivity contribution in [3.05, 3.63) is 23.8 Å². The molecule has 118 valence electrons. The highest BCUT2D eigenvalue weighted by atomic mass is 32.2. The Morgan fingerprint density at radius 3 is 2.57 bits per heavy atom. The predicted molar refractivity (Wildman–Crippen MR) is 77.7 cm³/mol. The fourth-order valence-electron chi connectivity index (χ4n) is 1.75. The van der Waals surface area contributed by atoms with E-state index in [1.54, 1.807) is 7.11 Å². The van der Waals surface area contributed by atoms with Crippen LogP contribution in [0.4, 0.5) is 0 Å². The number of ether oxygens (including phenoxy) is 2. The van der Waals surface area contributed by atoms with Crippen molar-refractivity contribution >= 4 is 15.9 Å². The quantitative estimate of drug-likeness (QED) is 0.755. The van der Waals surface area contributed by atoms with Crippen LogP contribution in [-0.2, 0) is 14.8 Å². The number of hydrogen-bond donors (Lipinski definition) is 2. The fourth-order valence-corrected chi connectivity index (χ4v) is 2.48. The molecule has 0 bridgehead atoms. The highest BCUT2D eigenvalue weighted by Crippen LogP contribution is 2.23. The van der Waals surface area contributed by atoms with Crippen LogP contribution in [0.3, 0.4) is 0 Å². The second kappa shape index (κ2) is 7.39. The molecular formula is C13H20N2O5S. The van der Waals surface area contributed by atoms with Gasteiger partial charge in [-0.15, -0.1) is 0 Å². The molecule has 21 heavy (non-hydrogen) atoms. The number of sulfonamides is 1. The van der Waals surface area contributed by atoms with Gasteiger partial charge in [0.05, 0.1) is 13.7 Å². The maximum atomic E-state index is 12.0. The van der Waals surface area contributed by atoms with E-state index in [2.05, 4.69) is 5.32 Å². The van der Waals surface area contributed by atoms with Gasteiger partial charge in [-0.25, -0.2) is 13.6 Å². The van der Waals surface area contributed by atoms with Crippen molar-refractivity contribution in [2.75, 3.05) is 27.4 Å². The van der Waals surface area contributed by atoms with Crippen molar-refractivity contribution in [3.8, 4) is 5.75 Å². The maximum absolute atomic E-state index is 12.0. The zero-order valence-electron chi connectivity index (χ0n) is 12.3. The molecule has 0 spiro atoms. The van der Waals surface area contributed by atoms with E-state index in [4.69, 9.17) is 14.6 Å². The van der Waals surface area contributed by atoms with Crippen LogP contribution < -0.4 is 15.2 Å². The van der Waals surface area contributed by atoms with Crippen LogP contribution in [0.1, 0.15) is 17.3 Å². The summed E-state index contributed by atoms with van der Waals surface area (Å²) >= 11 is 0.